The second kappa shape index (κ2) is 5.80. The Morgan fingerprint density at radius 1 is 1.30 bits per heavy atom. The summed E-state index contributed by atoms with van der Waals surface area (Å²) in [4.78, 5) is 11.6. The van der Waals surface area contributed by atoms with Gasteiger partial charge in [-0.1, -0.05) is 24.3 Å². The zero-order valence-corrected chi connectivity index (χ0v) is 11.9. The lowest BCUT2D eigenvalue weighted by atomic mass is 9.93. The maximum atomic E-state index is 11.6. The van der Waals surface area contributed by atoms with Crippen LogP contribution in [0.3, 0.4) is 0 Å². The van der Waals surface area contributed by atoms with Crippen molar-refractivity contribution in [3.05, 3.63) is 47.5 Å². The molecule has 3 atom stereocenters. The number of rotatable bonds is 5. The molecule has 2 N–H and O–H groups in total. The zero-order valence-electron chi connectivity index (χ0n) is 11.9. The van der Waals surface area contributed by atoms with Crippen LogP contribution in [0.15, 0.2) is 36.4 Å². The summed E-state index contributed by atoms with van der Waals surface area (Å²) in [6, 6.07) is 7.83. The molecule has 0 radical (unpaired) electrons. The lowest BCUT2D eigenvalue weighted by Crippen LogP contribution is -2.25. The Balaban J connectivity index is 1.51. The summed E-state index contributed by atoms with van der Waals surface area (Å²) >= 11 is 0. The van der Waals surface area contributed by atoms with Crippen molar-refractivity contribution in [2.75, 3.05) is 13.6 Å². The summed E-state index contributed by atoms with van der Waals surface area (Å²) in [6.45, 7) is 1.91. The molecule has 1 saturated carbocycles. The third-order valence-corrected chi connectivity index (χ3v) is 4.57. The molecule has 2 aliphatic rings. The second-order valence-electron chi connectivity index (χ2n) is 5.95. The van der Waals surface area contributed by atoms with E-state index in [1.807, 2.05) is 18.2 Å². The minimum atomic E-state index is -0.0231. The van der Waals surface area contributed by atoms with Crippen molar-refractivity contribution in [1.82, 2.24) is 10.6 Å². The molecule has 1 fully saturated rings. The van der Waals surface area contributed by atoms with Gasteiger partial charge in [-0.05, 0) is 54.8 Å². The van der Waals surface area contributed by atoms with Crippen molar-refractivity contribution in [2.24, 2.45) is 17.8 Å². The zero-order chi connectivity index (χ0) is 13.9. The van der Waals surface area contributed by atoms with Gasteiger partial charge in [0.05, 0.1) is 0 Å². The molecule has 1 amide bonds. The van der Waals surface area contributed by atoms with Gasteiger partial charge in [0.15, 0.2) is 0 Å². The Labute approximate surface area is 120 Å². The largest absolute Gasteiger partial charge is 0.355 e. The van der Waals surface area contributed by atoms with E-state index in [-0.39, 0.29) is 5.91 Å². The highest BCUT2D eigenvalue weighted by Gasteiger charge is 2.34. The molecule has 3 rings (SSSR count). The van der Waals surface area contributed by atoms with Gasteiger partial charge in [0.2, 0.25) is 0 Å². The van der Waals surface area contributed by atoms with Crippen molar-refractivity contribution in [3.8, 4) is 0 Å². The van der Waals surface area contributed by atoms with Crippen molar-refractivity contribution < 1.29 is 4.79 Å². The number of allylic oxidation sites excluding steroid dienone is 2. The topological polar surface area (TPSA) is 41.1 Å². The first-order valence-corrected chi connectivity index (χ1v) is 7.46. The third kappa shape index (κ3) is 2.78. The molecule has 3 unspecified atom stereocenters. The first-order valence-electron chi connectivity index (χ1n) is 7.46. The number of fused-ring (bicyclic) bond motifs is 2. The van der Waals surface area contributed by atoms with Crippen LogP contribution >= 0.6 is 0 Å². The molecular formula is C17H22N2O. The van der Waals surface area contributed by atoms with Crippen molar-refractivity contribution in [3.63, 3.8) is 0 Å². The van der Waals surface area contributed by atoms with Gasteiger partial charge < -0.3 is 10.6 Å². The quantitative estimate of drug-likeness (QED) is 0.806. The predicted molar refractivity (Wildman–Crippen MR) is 80.4 cm³/mol. The van der Waals surface area contributed by atoms with Gasteiger partial charge in [-0.25, -0.2) is 0 Å². The van der Waals surface area contributed by atoms with E-state index in [0.717, 1.165) is 36.4 Å². The van der Waals surface area contributed by atoms with Crippen molar-refractivity contribution in [1.29, 1.82) is 0 Å². The number of carbonyl (C=O) groups is 1. The molecule has 0 aliphatic heterocycles. The Morgan fingerprint density at radius 2 is 2.20 bits per heavy atom. The van der Waals surface area contributed by atoms with Crippen LogP contribution in [-0.4, -0.2) is 19.5 Å². The lowest BCUT2D eigenvalue weighted by Gasteiger charge is -2.18. The van der Waals surface area contributed by atoms with Gasteiger partial charge in [-0.2, -0.15) is 0 Å². The van der Waals surface area contributed by atoms with Crippen LogP contribution in [0.4, 0.5) is 0 Å². The average Bonchev–Trinajstić information content (AvgIpc) is 3.09. The van der Waals surface area contributed by atoms with E-state index in [9.17, 15) is 4.79 Å². The molecule has 0 aromatic heterocycles. The third-order valence-electron chi connectivity index (χ3n) is 4.57. The van der Waals surface area contributed by atoms with Gasteiger partial charge in [-0.15, -0.1) is 0 Å². The minimum absolute atomic E-state index is 0.0231. The molecule has 3 nitrogen and oxygen atoms in total. The number of hydrogen-bond donors (Lipinski definition) is 2. The summed E-state index contributed by atoms with van der Waals surface area (Å²) in [5.74, 6) is 2.41. The fourth-order valence-corrected chi connectivity index (χ4v) is 3.50. The van der Waals surface area contributed by atoms with Crippen LogP contribution in [0, 0.1) is 17.8 Å². The molecule has 1 aromatic carbocycles. The lowest BCUT2D eigenvalue weighted by molar-refractivity contribution is 0.0963. The van der Waals surface area contributed by atoms with Gasteiger partial charge in [0.25, 0.3) is 5.91 Å². The Morgan fingerprint density at radius 3 is 2.90 bits per heavy atom. The van der Waals surface area contributed by atoms with Crippen molar-refractivity contribution in [2.45, 2.75) is 19.4 Å². The molecule has 0 heterocycles. The van der Waals surface area contributed by atoms with Gasteiger partial charge in [0, 0.05) is 19.2 Å². The average molecular weight is 270 g/mol. The van der Waals surface area contributed by atoms with E-state index in [2.05, 4.69) is 28.9 Å². The maximum absolute atomic E-state index is 11.6. The molecule has 0 saturated heterocycles. The molecule has 2 aliphatic carbocycles. The highest BCUT2D eigenvalue weighted by molar-refractivity contribution is 5.94. The molecule has 2 bridgehead atoms. The molecule has 20 heavy (non-hydrogen) atoms. The smallest absolute Gasteiger partial charge is 0.251 e. The van der Waals surface area contributed by atoms with Crippen LogP contribution in [0.1, 0.15) is 28.8 Å². The molecular weight excluding hydrogens is 248 g/mol. The van der Waals surface area contributed by atoms with E-state index in [1.165, 1.54) is 18.4 Å². The van der Waals surface area contributed by atoms with Crippen LogP contribution < -0.4 is 10.6 Å². The van der Waals surface area contributed by atoms with Crippen molar-refractivity contribution >= 4 is 5.91 Å². The van der Waals surface area contributed by atoms with E-state index in [0.29, 0.717) is 0 Å². The van der Waals surface area contributed by atoms with Crippen LogP contribution in [-0.2, 0) is 6.54 Å². The Kier molecular flexibility index (Phi) is 3.88. The number of nitrogens with one attached hydrogen (secondary N) is 2. The molecule has 1 aromatic rings. The first kappa shape index (κ1) is 13.4. The van der Waals surface area contributed by atoms with E-state index in [1.54, 1.807) is 7.05 Å². The highest BCUT2D eigenvalue weighted by atomic mass is 16.1. The van der Waals surface area contributed by atoms with Gasteiger partial charge >= 0.3 is 0 Å². The number of carbonyl (C=O) groups excluding carboxylic acids is 1. The standard InChI is InChI=1S/C17H22N2O/c1-18-17(20)15-4-2-3-13(9-15)10-19-11-16-8-12-5-6-14(16)7-12/h2-6,9,12,14,16,19H,7-8,10-11H2,1H3,(H,18,20). The monoisotopic (exact) mass is 270 g/mol. The predicted octanol–water partition coefficient (Wildman–Crippen LogP) is 2.35. The minimum Gasteiger partial charge on any atom is -0.355 e. The second-order valence-corrected chi connectivity index (χ2v) is 5.95. The van der Waals surface area contributed by atoms with Crippen LogP contribution in [0.25, 0.3) is 0 Å². The summed E-state index contributed by atoms with van der Waals surface area (Å²) in [5.41, 5.74) is 1.90. The number of amides is 1. The highest BCUT2D eigenvalue weighted by Crippen LogP contribution is 2.42. The fraction of sp³-hybridized carbons (Fsp3) is 0.471. The SMILES string of the molecule is CNC(=O)c1cccc(CNCC2CC3C=CC2C3)c1. The van der Waals surface area contributed by atoms with Gasteiger partial charge in [-0.3, -0.25) is 4.79 Å². The number of benzene rings is 1. The Bertz CT molecular complexity index is 523. The molecule has 3 heteroatoms. The maximum Gasteiger partial charge on any atom is 0.251 e. The summed E-state index contributed by atoms with van der Waals surface area (Å²) < 4.78 is 0. The van der Waals surface area contributed by atoms with Crippen LogP contribution in [0.5, 0.6) is 0 Å². The Hall–Kier alpha value is -1.61. The summed E-state index contributed by atoms with van der Waals surface area (Å²) in [6.07, 6.45) is 7.48. The normalized spacial score (nSPS) is 26.9. The summed E-state index contributed by atoms with van der Waals surface area (Å²) in [5, 5.41) is 6.21. The van der Waals surface area contributed by atoms with E-state index >= 15 is 0 Å². The fourth-order valence-electron chi connectivity index (χ4n) is 3.50. The van der Waals surface area contributed by atoms with Crippen LogP contribution in [0.2, 0.25) is 0 Å². The van der Waals surface area contributed by atoms with E-state index < -0.39 is 0 Å². The molecule has 106 valence electrons. The number of hydrogen-bond acceptors (Lipinski definition) is 2. The first-order chi connectivity index (χ1) is 9.76. The van der Waals surface area contributed by atoms with Gasteiger partial charge in [0.1, 0.15) is 0 Å². The molecule has 0 spiro atoms. The summed E-state index contributed by atoms with van der Waals surface area (Å²) in [7, 11) is 1.66. The van der Waals surface area contributed by atoms with E-state index in [4.69, 9.17) is 0 Å².